The molecule has 4 rings (SSSR count). The summed E-state index contributed by atoms with van der Waals surface area (Å²) >= 11 is 19.8. The van der Waals surface area contributed by atoms with Gasteiger partial charge in [0.15, 0.2) is 5.15 Å². The maximum atomic E-state index is 6.27. The highest BCUT2D eigenvalue weighted by Gasteiger charge is 2.13. The van der Waals surface area contributed by atoms with Gasteiger partial charge in [-0.1, -0.05) is 64.8 Å². The third kappa shape index (κ3) is 3.48. The van der Waals surface area contributed by atoms with E-state index >= 15 is 0 Å². The first-order chi connectivity index (χ1) is 12.6. The van der Waals surface area contributed by atoms with Gasteiger partial charge in [0.1, 0.15) is 0 Å². The quantitative estimate of drug-likeness (QED) is 0.437. The maximum absolute atomic E-state index is 6.27. The summed E-state index contributed by atoms with van der Waals surface area (Å²) in [6, 6.07) is 12.9. The molecule has 0 saturated heterocycles. The Morgan fingerprint density at radius 3 is 2.35 bits per heavy atom. The third-order valence-electron chi connectivity index (χ3n) is 3.51. The number of fused-ring (bicyclic) bond motifs is 1. The fourth-order valence-corrected chi connectivity index (χ4v) is 3.71. The summed E-state index contributed by atoms with van der Waals surface area (Å²) in [4.78, 5) is 8.89. The zero-order valence-electron chi connectivity index (χ0n) is 13.0. The van der Waals surface area contributed by atoms with E-state index < -0.39 is 0 Å². The van der Waals surface area contributed by atoms with E-state index in [-0.39, 0.29) is 0 Å². The second-order valence-corrected chi connectivity index (χ2v) is 7.33. The molecule has 130 valence electrons. The average Bonchev–Trinajstić information content (AvgIpc) is 3.11. The first kappa shape index (κ1) is 17.5. The summed E-state index contributed by atoms with van der Waals surface area (Å²) in [5, 5.41) is 13.6. The first-order valence-electron chi connectivity index (χ1n) is 7.39. The number of nitrogens with zero attached hydrogens (tertiary/aromatic N) is 6. The Morgan fingerprint density at radius 2 is 1.62 bits per heavy atom. The monoisotopic (exact) mass is 422 g/mol. The zero-order valence-corrected chi connectivity index (χ0v) is 16.1. The Hall–Kier alpha value is -1.93. The molecule has 0 radical (unpaired) electrons. The Bertz CT molecular complexity index is 1090. The van der Waals surface area contributed by atoms with Crippen LogP contribution in [0.3, 0.4) is 0 Å². The average molecular weight is 424 g/mol. The van der Waals surface area contributed by atoms with Crippen molar-refractivity contribution in [2.75, 3.05) is 0 Å². The van der Waals surface area contributed by atoms with Gasteiger partial charge in [-0.2, -0.15) is 4.68 Å². The van der Waals surface area contributed by atoms with Crippen LogP contribution in [0.2, 0.25) is 15.2 Å². The van der Waals surface area contributed by atoms with Gasteiger partial charge in [0.05, 0.1) is 32.5 Å². The Morgan fingerprint density at radius 1 is 0.923 bits per heavy atom. The van der Waals surface area contributed by atoms with E-state index in [2.05, 4.69) is 25.5 Å². The van der Waals surface area contributed by atoms with Crippen molar-refractivity contribution in [2.45, 2.75) is 10.9 Å². The second kappa shape index (κ2) is 7.36. The molecule has 2 aromatic carbocycles. The minimum Gasteiger partial charge on any atom is -0.247 e. The van der Waals surface area contributed by atoms with Gasteiger partial charge in [-0.3, -0.25) is 0 Å². The minimum atomic E-state index is 0.308. The van der Waals surface area contributed by atoms with E-state index in [1.54, 1.807) is 16.8 Å². The van der Waals surface area contributed by atoms with Crippen molar-refractivity contribution in [1.29, 1.82) is 0 Å². The molecule has 10 heteroatoms. The van der Waals surface area contributed by atoms with Crippen LogP contribution >= 0.6 is 46.6 Å². The van der Waals surface area contributed by atoms with Crippen molar-refractivity contribution in [3.63, 3.8) is 0 Å². The summed E-state index contributed by atoms with van der Waals surface area (Å²) < 4.78 is 1.66. The lowest BCUT2D eigenvalue weighted by atomic mass is 10.3. The van der Waals surface area contributed by atoms with Gasteiger partial charge in [-0.15, -0.1) is 5.10 Å². The van der Waals surface area contributed by atoms with Gasteiger partial charge in [0.25, 0.3) is 0 Å². The third-order valence-corrected chi connectivity index (χ3v) is 5.46. The summed E-state index contributed by atoms with van der Waals surface area (Å²) in [6.45, 7) is 0. The first-order valence-corrected chi connectivity index (χ1v) is 9.51. The van der Waals surface area contributed by atoms with Crippen molar-refractivity contribution < 1.29 is 0 Å². The van der Waals surface area contributed by atoms with Gasteiger partial charge in [0.2, 0.25) is 5.16 Å². The number of halogens is 3. The molecule has 0 aliphatic rings. The largest absolute Gasteiger partial charge is 0.247 e. The minimum absolute atomic E-state index is 0.308. The molecule has 0 saturated carbocycles. The van der Waals surface area contributed by atoms with Gasteiger partial charge < -0.3 is 0 Å². The fourth-order valence-electron chi connectivity index (χ4n) is 2.29. The number of hydrogen-bond acceptors (Lipinski definition) is 6. The summed E-state index contributed by atoms with van der Waals surface area (Å²) in [5.74, 6) is 0.454. The molecular weight excluding hydrogens is 415 g/mol. The Labute approximate surface area is 167 Å². The Kier molecular flexibility index (Phi) is 4.95. The van der Waals surface area contributed by atoms with E-state index in [0.717, 1.165) is 5.69 Å². The standard InChI is InChI=1S/C16H9Cl3N6S/c17-10-6-12-13(7-11(10)18)21-15(19)14(20-12)8-26-16-22-23-24-25(16)9-4-2-1-3-5-9/h1-7H,8H2. The molecule has 26 heavy (non-hydrogen) atoms. The summed E-state index contributed by atoms with van der Waals surface area (Å²) in [7, 11) is 0. The number of thioether (sulfide) groups is 1. The van der Waals surface area contributed by atoms with Crippen molar-refractivity contribution in [3.05, 3.63) is 63.4 Å². The number of rotatable bonds is 4. The van der Waals surface area contributed by atoms with E-state index in [0.29, 0.717) is 42.8 Å². The topological polar surface area (TPSA) is 69.4 Å². The molecule has 4 aromatic rings. The maximum Gasteiger partial charge on any atom is 0.214 e. The van der Waals surface area contributed by atoms with Crippen molar-refractivity contribution >= 4 is 57.6 Å². The molecule has 0 amide bonds. The van der Waals surface area contributed by atoms with Crippen LogP contribution in [0, 0.1) is 0 Å². The van der Waals surface area contributed by atoms with Crippen molar-refractivity contribution in [3.8, 4) is 5.69 Å². The number of aromatic nitrogens is 6. The van der Waals surface area contributed by atoms with Gasteiger partial charge >= 0.3 is 0 Å². The molecule has 0 aliphatic carbocycles. The highest BCUT2D eigenvalue weighted by atomic mass is 35.5. The van der Waals surface area contributed by atoms with E-state index in [4.69, 9.17) is 34.8 Å². The SMILES string of the molecule is Clc1cc2nc(Cl)c(CSc3nnnn3-c3ccccc3)nc2cc1Cl. The van der Waals surface area contributed by atoms with Crippen LogP contribution in [0.1, 0.15) is 5.69 Å². The molecule has 0 spiro atoms. The number of benzene rings is 2. The Balaban J connectivity index is 1.62. The van der Waals surface area contributed by atoms with E-state index in [1.807, 2.05) is 30.3 Å². The number of hydrogen-bond donors (Lipinski definition) is 0. The van der Waals surface area contributed by atoms with Crippen LogP contribution in [-0.4, -0.2) is 30.2 Å². The van der Waals surface area contributed by atoms with Gasteiger partial charge in [-0.05, 0) is 34.7 Å². The van der Waals surface area contributed by atoms with Crippen LogP contribution in [0.15, 0.2) is 47.6 Å². The molecule has 6 nitrogen and oxygen atoms in total. The lowest BCUT2D eigenvalue weighted by molar-refractivity contribution is 0.756. The molecule has 0 aliphatic heterocycles. The lowest BCUT2D eigenvalue weighted by Gasteiger charge is -2.07. The van der Waals surface area contributed by atoms with E-state index in [9.17, 15) is 0 Å². The molecular formula is C16H9Cl3N6S. The van der Waals surface area contributed by atoms with Crippen molar-refractivity contribution in [1.82, 2.24) is 30.2 Å². The summed E-state index contributed by atoms with van der Waals surface area (Å²) in [6.07, 6.45) is 0. The van der Waals surface area contributed by atoms with Crippen LogP contribution in [-0.2, 0) is 5.75 Å². The predicted octanol–water partition coefficient (Wildman–Crippen LogP) is 4.86. The van der Waals surface area contributed by atoms with Crippen LogP contribution in [0.5, 0.6) is 0 Å². The smallest absolute Gasteiger partial charge is 0.214 e. The molecule has 0 bridgehead atoms. The molecule has 2 heterocycles. The molecule has 0 fully saturated rings. The molecule has 0 unspecified atom stereocenters. The lowest BCUT2D eigenvalue weighted by Crippen LogP contribution is -2.00. The van der Waals surface area contributed by atoms with Crippen LogP contribution < -0.4 is 0 Å². The molecule has 2 aromatic heterocycles. The highest BCUT2D eigenvalue weighted by molar-refractivity contribution is 7.98. The van der Waals surface area contributed by atoms with Gasteiger partial charge in [0, 0.05) is 5.75 Å². The number of para-hydroxylation sites is 1. The normalized spacial score (nSPS) is 11.2. The molecule has 0 N–H and O–H groups in total. The highest BCUT2D eigenvalue weighted by Crippen LogP contribution is 2.30. The zero-order chi connectivity index (χ0) is 18.1. The van der Waals surface area contributed by atoms with Gasteiger partial charge in [-0.25, -0.2) is 9.97 Å². The second-order valence-electron chi connectivity index (χ2n) is 5.21. The number of tetrazole rings is 1. The molecule has 0 atom stereocenters. The summed E-state index contributed by atoms with van der Waals surface area (Å²) in [5.41, 5.74) is 2.71. The van der Waals surface area contributed by atoms with Crippen molar-refractivity contribution in [2.24, 2.45) is 0 Å². The fraction of sp³-hybridized carbons (Fsp3) is 0.0625. The van der Waals surface area contributed by atoms with Crippen LogP contribution in [0.4, 0.5) is 0 Å². The van der Waals surface area contributed by atoms with E-state index in [1.165, 1.54) is 11.8 Å². The predicted molar refractivity (Wildman–Crippen MR) is 103 cm³/mol. The van der Waals surface area contributed by atoms with Crippen LogP contribution in [0.25, 0.3) is 16.7 Å².